The number of rotatable bonds is 5. The minimum atomic E-state index is -7.11. The molecule has 1 N–H and O–H groups in total. The maximum absolute atomic E-state index is 13.2. The van der Waals surface area contributed by atoms with E-state index >= 15 is 0 Å². The van der Waals surface area contributed by atoms with Crippen molar-refractivity contribution in [3.63, 3.8) is 0 Å². The van der Waals surface area contributed by atoms with Gasteiger partial charge in [-0.25, -0.2) is 0 Å². The molecule has 3 nitrogen and oxygen atoms in total. The van der Waals surface area contributed by atoms with Crippen molar-refractivity contribution in [1.82, 2.24) is 10.3 Å². The molecule has 12 heteroatoms. The minimum Gasteiger partial charge on any atom is -0.345 e. The maximum Gasteiger partial charge on any atom is 0.460 e. The van der Waals surface area contributed by atoms with E-state index < -0.39 is 36.4 Å². The highest BCUT2D eigenvalue weighted by Crippen LogP contribution is 2.53. The van der Waals surface area contributed by atoms with Crippen LogP contribution in [0.3, 0.4) is 0 Å². The van der Waals surface area contributed by atoms with Crippen LogP contribution in [-0.2, 0) is 11.3 Å². The molecule has 1 aromatic rings. The van der Waals surface area contributed by atoms with Gasteiger partial charge in [0.15, 0.2) is 0 Å². The predicted molar refractivity (Wildman–Crippen MR) is 57.0 cm³/mol. The van der Waals surface area contributed by atoms with Crippen molar-refractivity contribution in [2.75, 3.05) is 0 Å². The zero-order chi connectivity index (χ0) is 18.1. The van der Waals surface area contributed by atoms with Crippen molar-refractivity contribution in [1.29, 1.82) is 0 Å². The average molecular weight is 354 g/mol. The SMILES string of the molecule is O=C(NCc1ccccn1)C(F)(F)C(F)(F)C(F)(F)C(F)(F)F. The Kier molecular flexibility index (Phi) is 4.87. The van der Waals surface area contributed by atoms with E-state index in [0.717, 1.165) is 11.5 Å². The second kappa shape index (κ2) is 5.89. The van der Waals surface area contributed by atoms with Crippen molar-refractivity contribution in [3.8, 4) is 0 Å². The highest BCUT2D eigenvalue weighted by molar-refractivity contribution is 5.84. The van der Waals surface area contributed by atoms with Crippen molar-refractivity contribution in [2.24, 2.45) is 0 Å². The first-order valence-corrected chi connectivity index (χ1v) is 5.63. The third kappa shape index (κ3) is 3.34. The fourth-order valence-corrected chi connectivity index (χ4v) is 1.30. The highest BCUT2D eigenvalue weighted by Gasteiger charge is 2.83. The van der Waals surface area contributed by atoms with Crippen LogP contribution in [0.5, 0.6) is 0 Å². The van der Waals surface area contributed by atoms with Crippen LogP contribution in [0.15, 0.2) is 24.4 Å². The number of hydrogen-bond donors (Lipinski definition) is 1. The lowest BCUT2D eigenvalue weighted by Gasteiger charge is -2.32. The number of amides is 1. The van der Waals surface area contributed by atoms with E-state index in [1.165, 1.54) is 18.2 Å². The molecule has 0 unspecified atom stereocenters. The summed E-state index contributed by atoms with van der Waals surface area (Å²) in [4.78, 5) is 14.5. The molecule has 23 heavy (non-hydrogen) atoms. The standard InChI is InChI=1S/C11H7F9N2O/c12-8(13,9(14,15)10(16,17)11(18,19)20)7(23)22-5-6-3-1-2-4-21-6/h1-4H,5H2,(H,22,23). The lowest BCUT2D eigenvalue weighted by molar-refractivity contribution is -0.388. The normalized spacial score (nSPS) is 13.8. The van der Waals surface area contributed by atoms with Gasteiger partial charge in [-0.15, -0.1) is 0 Å². The number of nitrogens with one attached hydrogen (secondary N) is 1. The number of aromatic nitrogens is 1. The van der Waals surface area contributed by atoms with Gasteiger partial charge < -0.3 is 5.32 Å². The van der Waals surface area contributed by atoms with Crippen LogP contribution in [0.2, 0.25) is 0 Å². The van der Waals surface area contributed by atoms with Crippen LogP contribution in [0.4, 0.5) is 39.5 Å². The topological polar surface area (TPSA) is 42.0 Å². The van der Waals surface area contributed by atoms with Gasteiger partial charge in [0.05, 0.1) is 12.2 Å². The fourth-order valence-electron chi connectivity index (χ4n) is 1.30. The lowest BCUT2D eigenvalue weighted by atomic mass is 10.0. The number of nitrogens with zero attached hydrogens (tertiary/aromatic N) is 1. The molecular formula is C11H7F9N2O. The summed E-state index contributed by atoms with van der Waals surface area (Å²) >= 11 is 0. The van der Waals surface area contributed by atoms with Crippen LogP contribution in [-0.4, -0.2) is 34.8 Å². The minimum absolute atomic E-state index is 0.109. The monoisotopic (exact) mass is 354 g/mol. The summed E-state index contributed by atoms with van der Waals surface area (Å²) in [6, 6.07) is 3.89. The quantitative estimate of drug-likeness (QED) is 0.826. The number of pyridine rings is 1. The maximum atomic E-state index is 13.2. The molecule has 1 amide bonds. The van der Waals surface area contributed by atoms with Gasteiger partial charge >= 0.3 is 23.9 Å². The van der Waals surface area contributed by atoms with Gasteiger partial charge in [0, 0.05) is 6.20 Å². The lowest BCUT2D eigenvalue weighted by Crippen LogP contribution is -2.65. The Morgan fingerprint density at radius 1 is 0.957 bits per heavy atom. The Labute approximate surface area is 122 Å². The molecule has 0 fully saturated rings. The molecule has 1 rings (SSSR count). The Hall–Kier alpha value is -2.01. The number of alkyl halides is 9. The molecule has 0 saturated heterocycles. The number of carbonyl (C=O) groups excluding carboxylic acids is 1. The smallest absolute Gasteiger partial charge is 0.345 e. The largest absolute Gasteiger partial charge is 0.460 e. The summed E-state index contributed by atoms with van der Waals surface area (Å²) < 4.78 is 113. The first-order chi connectivity index (χ1) is 10.2. The Bertz CT molecular complexity index is 556. The van der Waals surface area contributed by atoms with E-state index in [4.69, 9.17) is 0 Å². The summed E-state index contributed by atoms with van der Waals surface area (Å²) in [7, 11) is 0. The number of halogens is 9. The zero-order valence-electron chi connectivity index (χ0n) is 10.8. The molecule has 0 bridgehead atoms. The van der Waals surface area contributed by atoms with Gasteiger partial charge in [-0.2, -0.15) is 39.5 Å². The summed E-state index contributed by atoms with van der Waals surface area (Å²) in [5.74, 6) is -23.4. The van der Waals surface area contributed by atoms with Crippen LogP contribution < -0.4 is 5.32 Å². The molecule has 0 radical (unpaired) electrons. The van der Waals surface area contributed by atoms with Gasteiger partial charge in [-0.1, -0.05) is 6.07 Å². The van der Waals surface area contributed by atoms with Gasteiger partial charge in [0.1, 0.15) is 0 Å². The first-order valence-electron chi connectivity index (χ1n) is 5.63. The third-order valence-electron chi connectivity index (χ3n) is 2.59. The van der Waals surface area contributed by atoms with Crippen LogP contribution in [0, 0.1) is 0 Å². The molecule has 1 heterocycles. The van der Waals surface area contributed by atoms with Gasteiger partial charge in [-0.05, 0) is 12.1 Å². The van der Waals surface area contributed by atoms with Gasteiger partial charge in [0.25, 0.3) is 5.91 Å². The third-order valence-corrected chi connectivity index (χ3v) is 2.59. The highest BCUT2D eigenvalue weighted by atomic mass is 19.4. The molecule has 0 saturated carbocycles. The molecular weight excluding hydrogens is 347 g/mol. The predicted octanol–water partition coefficient (Wildman–Crippen LogP) is 3.17. The van der Waals surface area contributed by atoms with Crippen molar-refractivity contribution in [2.45, 2.75) is 30.5 Å². The van der Waals surface area contributed by atoms with E-state index in [-0.39, 0.29) is 5.69 Å². The molecule has 0 spiro atoms. The molecule has 0 aliphatic heterocycles. The van der Waals surface area contributed by atoms with E-state index in [1.54, 1.807) is 0 Å². The van der Waals surface area contributed by atoms with Crippen molar-refractivity contribution >= 4 is 5.91 Å². The fraction of sp³-hybridized carbons (Fsp3) is 0.455. The summed E-state index contributed by atoms with van der Waals surface area (Å²) in [5.41, 5.74) is -0.109. The second-order valence-electron chi connectivity index (χ2n) is 4.22. The van der Waals surface area contributed by atoms with Gasteiger partial charge in [0.2, 0.25) is 0 Å². The van der Waals surface area contributed by atoms with Crippen molar-refractivity contribution in [3.05, 3.63) is 30.1 Å². The molecule has 0 atom stereocenters. The number of carbonyl (C=O) groups is 1. The van der Waals surface area contributed by atoms with E-state index in [9.17, 15) is 44.3 Å². The van der Waals surface area contributed by atoms with E-state index in [2.05, 4.69) is 4.98 Å². The van der Waals surface area contributed by atoms with Crippen molar-refractivity contribution < 1.29 is 44.3 Å². The van der Waals surface area contributed by atoms with E-state index in [1.807, 2.05) is 0 Å². The van der Waals surface area contributed by atoms with Crippen LogP contribution in [0.1, 0.15) is 5.69 Å². The second-order valence-corrected chi connectivity index (χ2v) is 4.22. The summed E-state index contributed by atoms with van der Waals surface area (Å²) in [5, 5.41) is 1.14. The Morgan fingerprint density at radius 3 is 1.96 bits per heavy atom. The molecule has 130 valence electrons. The Balaban J connectivity index is 2.97. The van der Waals surface area contributed by atoms with E-state index in [0.29, 0.717) is 0 Å². The molecule has 1 aromatic heterocycles. The first kappa shape index (κ1) is 19.0. The van der Waals surface area contributed by atoms with Crippen LogP contribution in [0.25, 0.3) is 0 Å². The number of hydrogen-bond acceptors (Lipinski definition) is 2. The molecule has 0 aliphatic rings. The molecule has 0 aliphatic carbocycles. The molecule has 0 aromatic carbocycles. The van der Waals surface area contributed by atoms with Gasteiger partial charge in [-0.3, -0.25) is 9.78 Å². The summed E-state index contributed by atoms with van der Waals surface area (Å²) in [6.45, 7) is -0.872. The Morgan fingerprint density at radius 2 is 1.52 bits per heavy atom. The summed E-state index contributed by atoms with van der Waals surface area (Å²) in [6.07, 6.45) is -5.83. The average Bonchev–Trinajstić information content (AvgIpc) is 2.44. The zero-order valence-corrected chi connectivity index (χ0v) is 10.8. The van der Waals surface area contributed by atoms with Crippen LogP contribution >= 0.6 is 0 Å².